The van der Waals surface area contributed by atoms with Crippen LogP contribution in [0.1, 0.15) is 32.1 Å². The summed E-state index contributed by atoms with van der Waals surface area (Å²) < 4.78 is 0. The van der Waals surface area contributed by atoms with E-state index in [1.54, 1.807) is 0 Å². The van der Waals surface area contributed by atoms with Crippen LogP contribution in [0.3, 0.4) is 0 Å². The Kier molecular flexibility index (Phi) is 6.30. The van der Waals surface area contributed by atoms with Crippen molar-refractivity contribution in [2.75, 3.05) is 18.1 Å². The van der Waals surface area contributed by atoms with Crippen molar-refractivity contribution in [2.45, 2.75) is 32.1 Å². The molecule has 1 fully saturated rings. The third-order valence-electron chi connectivity index (χ3n) is 2.66. The third-order valence-corrected chi connectivity index (χ3v) is 3.89. The first kappa shape index (κ1) is 13.4. The highest BCUT2D eigenvalue weighted by atomic mass is 32.2. The van der Waals surface area contributed by atoms with Crippen molar-refractivity contribution in [2.24, 2.45) is 5.92 Å². The first-order valence-electron chi connectivity index (χ1n) is 5.74. The molecule has 92 valence electrons. The molecule has 1 saturated heterocycles. The van der Waals surface area contributed by atoms with Gasteiger partial charge in [-0.2, -0.15) is 11.8 Å². The normalized spacial score (nSPS) is 19.6. The summed E-state index contributed by atoms with van der Waals surface area (Å²) in [6.45, 7) is 0.783. The molecule has 1 amide bonds. The summed E-state index contributed by atoms with van der Waals surface area (Å²) in [7, 11) is 0. The summed E-state index contributed by atoms with van der Waals surface area (Å²) in [5.74, 6) is 2.26. The van der Waals surface area contributed by atoms with Gasteiger partial charge in [0.2, 0.25) is 5.91 Å². The topological polar surface area (TPSA) is 66.4 Å². The van der Waals surface area contributed by atoms with Crippen LogP contribution in [0.15, 0.2) is 0 Å². The van der Waals surface area contributed by atoms with Crippen molar-refractivity contribution in [3.8, 4) is 0 Å². The molecular weight excluding hydrogens is 226 g/mol. The van der Waals surface area contributed by atoms with Crippen molar-refractivity contribution in [3.05, 3.63) is 0 Å². The lowest BCUT2D eigenvalue weighted by atomic mass is 10.1. The molecule has 0 aromatic rings. The van der Waals surface area contributed by atoms with Gasteiger partial charge in [-0.15, -0.1) is 0 Å². The lowest BCUT2D eigenvalue weighted by Crippen LogP contribution is -2.29. The highest BCUT2D eigenvalue weighted by molar-refractivity contribution is 7.99. The minimum absolute atomic E-state index is 0.0577. The highest BCUT2D eigenvalue weighted by Crippen LogP contribution is 2.22. The minimum Gasteiger partial charge on any atom is -0.481 e. The van der Waals surface area contributed by atoms with Crippen LogP contribution in [0.5, 0.6) is 0 Å². The number of unbranched alkanes of at least 4 members (excludes halogenated alkanes) is 1. The molecule has 4 nitrogen and oxygen atoms in total. The summed E-state index contributed by atoms with van der Waals surface area (Å²) in [6, 6.07) is 0. The summed E-state index contributed by atoms with van der Waals surface area (Å²) in [5, 5.41) is 11.3. The van der Waals surface area contributed by atoms with E-state index in [-0.39, 0.29) is 12.3 Å². The molecule has 0 saturated carbocycles. The van der Waals surface area contributed by atoms with Crippen LogP contribution in [-0.2, 0) is 9.59 Å². The Balaban J connectivity index is 1.95. The van der Waals surface area contributed by atoms with Gasteiger partial charge < -0.3 is 10.4 Å². The van der Waals surface area contributed by atoms with Crippen molar-refractivity contribution in [1.82, 2.24) is 5.32 Å². The molecule has 2 N–H and O–H groups in total. The number of hydrogen-bond donors (Lipinski definition) is 2. The number of thioether (sulfide) groups is 1. The Labute approximate surface area is 100 Å². The molecular formula is C11H19NO3S. The molecule has 1 aliphatic heterocycles. The monoisotopic (exact) mass is 245 g/mol. The van der Waals surface area contributed by atoms with E-state index < -0.39 is 5.97 Å². The van der Waals surface area contributed by atoms with Gasteiger partial charge >= 0.3 is 5.97 Å². The van der Waals surface area contributed by atoms with E-state index in [0.717, 1.165) is 12.3 Å². The largest absolute Gasteiger partial charge is 0.481 e. The number of carbonyl (C=O) groups excluding carboxylic acids is 1. The summed E-state index contributed by atoms with van der Waals surface area (Å²) in [4.78, 5) is 21.6. The number of rotatable bonds is 7. The van der Waals surface area contributed by atoms with E-state index in [2.05, 4.69) is 5.32 Å². The first-order chi connectivity index (χ1) is 7.68. The zero-order chi connectivity index (χ0) is 11.8. The Morgan fingerprint density at radius 2 is 2.06 bits per heavy atom. The van der Waals surface area contributed by atoms with Gasteiger partial charge in [-0.1, -0.05) is 0 Å². The van der Waals surface area contributed by atoms with Crippen molar-refractivity contribution < 1.29 is 14.7 Å². The van der Waals surface area contributed by atoms with Crippen LogP contribution in [-0.4, -0.2) is 35.0 Å². The predicted octanol–water partition coefficient (Wildman–Crippen LogP) is 1.50. The van der Waals surface area contributed by atoms with Gasteiger partial charge in [0.15, 0.2) is 0 Å². The molecule has 1 atom stereocenters. The van der Waals surface area contributed by atoms with Crippen LogP contribution in [0.25, 0.3) is 0 Å². The van der Waals surface area contributed by atoms with Crippen LogP contribution in [0, 0.1) is 5.92 Å². The number of carboxylic acid groups (broad SMARTS) is 1. The van der Waals surface area contributed by atoms with E-state index in [9.17, 15) is 9.59 Å². The smallest absolute Gasteiger partial charge is 0.303 e. The maximum atomic E-state index is 11.4. The van der Waals surface area contributed by atoms with E-state index in [1.165, 1.54) is 12.2 Å². The molecule has 0 aromatic heterocycles. The SMILES string of the molecule is O=C(O)CCCCC(=O)NCC1CCSC1. The third kappa shape index (κ3) is 6.00. The summed E-state index contributed by atoms with van der Waals surface area (Å²) in [6.07, 6.45) is 3.06. The van der Waals surface area contributed by atoms with E-state index in [4.69, 9.17) is 5.11 Å². The molecule has 16 heavy (non-hydrogen) atoms. The van der Waals surface area contributed by atoms with E-state index in [1.807, 2.05) is 11.8 Å². The van der Waals surface area contributed by atoms with Crippen LogP contribution < -0.4 is 5.32 Å². The standard InChI is InChI=1S/C11H19NO3S/c13-10(3-1-2-4-11(14)15)12-7-9-5-6-16-8-9/h9H,1-8H2,(H,12,13)(H,14,15). The second-order valence-corrected chi connectivity index (χ2v) is 5.28. The lowest BCUT2D eigenvalue weighted by Gasteiger charge is -2.09. The van der Waals surface area contributed by atoms with Crippen molar-refractivity contribution >= 4 is 23.6 Å². The average Bonchev–Trinajstić information content (AvgIpc) is 2.74. The van der Waals surface area contributed by atoms with Crippen molar-refractivity contribution in [3.63, 3.8) is 0 Å². The quantitative estimate of drug-likeness (QED) is 0.667. The van der Waals surface area contributed by atoms with Gasteiger partial charge in [0.1, 0.15) is 0 Å². The molecule has 1 rings (SSSR count). The molecule has 1 unspecified atom stereocenters. The molecule has 0 aliphatic carbocycles. The first-order valence-corrected chi connectivity index (χ1v) is 6.90. The highest BCUT2D eigenvalue weighted by Gasteiger charge is 2.15. The van der Waals surface area contributed by atoms with Gasteiger partial charge in [0.05, 0.1) is 0 Å². The summed E-state index contributed by atoms with van der Waals surface area (Å²) in [5.41, 5.74) is 0. The summed E-state index contributed by atoms with van der Waals surface area (Å²) >= 11 is 1.94. The minimum atomic E-state index is -0.789. The Hall–Kier alpha value is -0.710. The van der Waals surface area contributed by atoms with Gasteiger partial charge in [-0.25, -0.2) is 0 Å². The molecule has 0 aromatic carbocycles. The fraction of sp³-hybridized carbons (Fsp3) is 0.818. The second kappa shape index (κ2) is 7.54. The zero-order valence-corrected chi connectivity index (χ0v) is 10.2. The van der Waals surface area contributed by atoms with Crippen LogP contribution >= 0.6 is 11.8 Å². The maximum absolute atomic E-state index is 11.4. The number of amides is 1. The molecule has 1 heterocycles. The van der Waals surface area contributed by atoms with Crippen molar-refractivity contribution in [1.29, 1.82) is 0 Å². The molecule has 0 bridgehead atoms. The Bertz CT molecular complexity index is 239. The molecule has 5 heteroatoms. The Morgan fingerprint density at radius 3 is 2.69 bits per heavy atom. The average molecular weight is 245 g/mol. The van der Waals surface area contributed by atoms with E-state index >= 15 is 0 Å². The molecule has 1 aliphatic rings. The van der Waals surface area contributed by atoms with Crippen LogP contribution in [0.4, 0.5) is 0 Å². The maximum Gasteiger partial charge on any atom is 0.303 e. The zero-order valence-electron chi connectivity index (χ0n) is 9.41. The van der Waals surface area contributed by atoms with Gasteiger partial charge in [0.25, 0.3) is 0 Å². The molecule has 0 radical (unpaired) electrons. The Morgan fingerprint density at radius 1 is 1.31 bits per heavy atom. The predicted molar refractivity (Wildman–Crippen MR) is 64.5 cm³/mol. The van der Waals surface area contributed by atoms with Gasteiger partial charge in [-0.05, 0) is 36.7 Å². The number of carboxylic acids is 1. The molecule has 0 spiro atoms. The number of aliphatic carboxylic acids is 1. The second-order valence-electron chi connectivity index (χ2n) is 4.13. The lowest BCUT2D eigenvalue weighted by molar-refractivity contribution is -0.137. The number of nitrogens with one attached hydrogen (secondary N) is 1. The van der Waals surface area contributed by atoms with Crippen LogP contribution in [0.2, 0.25) is 0 Å². The van der Waals surface area contributed by atoms with Gasteiger partial charge in [-0.3, -0.25) is 9.59 Å². The number of hydrogen-bond acceptors (Lipinski definition) is 3. The fourth-order valence-electron chi connectivity index (χ4n) is 1.65. The van der Waals surface area contributed by atoms with Gasteiger partial charge in [0, 0.05) is 19.4 Å². The fourth-order valence-corrected chi connectivity index (χ4v) is 2.94. The number of carbonyl (C=O) groups is 2. The van der Waals surface area contributed by atoms with E-state index in [0.29, 0.717) is 25.2 Å².